The van der Waals surface area contributed by atoms with Crippen molar-refractivity contribution in [2.45, 2.75) is 195 Å². The van der Waals surface area contributed by atoms with Gasteiger partial charge in [-0.25, -0.2) is 4.72 Å². The quantitative estimate of drug-likeness (QED) is 0.188. The van der Waals surface area contributed by atoms with Crippen molar-refractivity contribution in [2.24, 2.45) is 44.8 Å². The van der Waals surface area contributed by atoms with Crippen LogP contribution in [0.3, 0.4) is 0 Å². The topological polar surface area (TPSA) is 153 Å². The standard InChI is InChI=1S/C47H77N5O7S/c1-9-33-27-45(33,42(57)49-60(58,59)50-23-15-16-24-50)29-38(54)36-28-47(44(7,8)46(47)21-17-22-46)30-52(36)41(56)34(43(4,5)6)26-37(53)39(32-18-11-10-12-19-32)48-40(55)35-20-13-14-25-51(35)31(2)3/h31-36,39H,9-30H2,1-8H3,(H,48,55)(H,49,57)/t33-,34-,35+,36+,39+,45-,47-/m1/s1/i2D3,15D2,16D2,23D2,24D2,31D/t31?,33-,34-,35+,36+,39+,45-,47-. The zero-order valence-electron chi connectivity index (χ0n) is 48.8. The first-order valence-corrected chi connectivity index (χ1v) is 24.0. The summed E-state index contributed by atoms with van der Waals surface area (Å²) in [5.74, 6) is -4.97. The number of hydrogen-bond donors (Lipinski definition) is 2. The Kier molecular flexibility index (Phi) is 8.95. The first-order valence-electron chi connectivity index (χ1n) is 28.5. The van der Waals surface area contributed by atoms with E-state index in [-0.39, 0.29) is 54.9 Å². The Hall–Kier alpha value is -2.38. The van der Waals surface area contributed by atoms with E-state index in [1.165, 1.54) is 11.8 Å². The highest BCUT2D eigenvalue weighted by Crippen LogP contribution is 2.88. The summed E-state index contributed by atoms with van der Waals surface area (Å²) in [5, 5.41) is 3.03. The molecule has 4 aliphatic carbocycles. The van der Waals surface area contributed by atoms with Crippen LogP contribution < -0.4 is 10.0 Å². The van der Waals surface area contributed by atoms with Gasteiger partial charge in [-0.3, -0.25) is 28.9 Å². The molecule has 2 spiro atoms. The van der Waals surface area contributed by atoms with Gasteiger partial charge in [-0.2, -0.15) is 12.7 Å². The fourth-order valence-electron chi connectivity index (χ4n) is 12.7. The highest BCUT2D eigenvalue weighted by molar-refractivity contribution is 7.87. The van der Waals surface area contributed by atoms with E-state index in [0.717, 1.165) is 38.5 Å². The average Bonchev–Trinajstić information content (AvgIpc) is 3.96. The summed E-state index contributed by atoms with van der Waals surface area (Å²) >= 11 is 0. The monoisotopic (exact) mass is 868 g/mol. The second-order valence-corrected chi connectivity index (χ2v) is 22.4. The average molecular weight is 868 g/mol. The van der Waals surface area contributed by atoms with Gasteiger partial charge in [0.15, 0.2) is 11.6 Å². The number of nitrogens with one attached hydrogen (secondary N) is 2. The second kappa shape index (κ2) is 16.6. The zero-order chi connectivity index (χ0) is 54.2. The van der Waals surface area contributed by atoms with Crippen molar-refractivity contribution in [1.29, 1.82) is 0 Å². The SMILES string of the molecule is [2H]C([2H])([2H])C([2H])(C)N1CCCC[C@H]1C(=O)N[C@H](C(=O)C[C@H](C(=O)N1C[C@]2(C[C@H]1C(=O)C[C@]1(C(=O)NS(=O)(=O)N3C([2H])([2H])C([2H])([2H])C([2H])([2H])C3([2H])[2H])C[C@H]1CC)C(C)(C)C21CCC1)C(C)(C)C)C1CCCCC1. The number of ketones is 2. The normalized spacial score (nSPS) is 40.2. The van der Waals surface area contributed by atoms with Gasteiger partial charge in [0, 0.05) is 66.2 Å². The Morgan fingerprint density at radius 1 is 0.917 bits per heavy atom. The Bertz CT molecular complexity index is 2290. The molecule has 0 aromatic rings. The van der Waals surface area contributed by atoms with Crippen LogP contribution in [0.4, 0.5) is 0 Å². The molecule has 13 heteroatoms. The molecule has 2 N–H and O–H groups in total. The maximum absolute atomic E-state index is 15.6. The maximum atomic E-state index is 15.6. The summed E-state index contributed by atoms with van der Waals surface area (Å²) in [4.78, 5) is 77.4. The summed E-state index contributed by atoms with van der Waals surface area (Å²) in [7, 11) is -5.65. The molecule has 60 heavy (non-hydrogen) atoms. The Labute approximate surface area is 377 Å². The van der Waals surface area contributed by atoms with Gasteiger partial charge < -0.3 is 10.2 Å². The number of hydrogen-bond acceptors (Lipinski definition) is 8. The summed E-state index contributed by atoms with van der Waals surface area (Å²) in [6.07, 6.45) is 0.483. The predicted octanol–water partition coefficient (Wildman–Crippen LogP) is 6.57. The molecule has 1 unspecified atom stereocenters. The van der Waals surface area contributed by atoms with E-state index in [2.05, 4.69) is 19.2 Å². The van der Waals surface area contributed by atoms with Crippen LogP contribution in [-0.2, 0) is 34.2 Å². The molecule has 3 heterocycles. The third kappa shape index (κ3) is 7.83. The van der Waals surface area contributed by atoms with E-state index >= 15 is 14.4 Å². The number of rotatable bonds is 15. The molecule has 0 aromatic carbocycles. The van der Waals surface area contributed by atoms with E-state index < -0.39 is 129 Å². The lowest BCUT2D eigenvalue weighted by Crippen LogP contribution is -2.57. The fraction of sp³-hybridized carbons (Fsp3) is 0.894. The minimum atomic E-state index is -5.65. The number of fused-ring (bicyclic) bond motifs is 1. The molecule has 0 bridgehead atoms. The molecule has 7 rings (SSSR count). The summed E-state index contributed by atoms with van der Waals surface area (Å²) in [5.41, 5.74) is -3.53. The fourth-order valence-corrected chi connectivity index (χ4v) is 13.5. The van der Waals surface area contributed by atoms with Gasteiger partial charge in [-0.15, -0.1) is 0 Å². The molecule has 12 nitrogen and oxygen atoms in total. The Morgan fingerprint density at radius 3 is 2.15 bits per heavy atom. The van der Waals surface area contributed by atoms with Gasteiger partial charge in [-0.1, -0.05) is 80.1 Å². The molecular weight excluding hydrogens is 779 g/mol. The van der Waals surface area contributed by atoms with Crippen LogP contribution >= 0.6 is 0 Å². The smallest absolute Gasteiger partial charge is 0.303 e. The lowest BCUT2D eigenvalue weighted by atomic mass is 9.73. The number of carbonyl (C=O) groups excluding carboxylic acids is 5. The Balaban J connectivity index is 1.17. The lowest BCUT2D eigenvalue weighted by molar-refractivity contribution is -0.147. The maximum Gasteiger partial charge on any atom is 0.303 e. The van der Waals surface area contributed by atoms with Gasteiger partial charge in [0.2, 0.25) is 17.7 Å². The first-order chi connectivity index (χ1) is 32.7. The molecule has 0 aromatic heterocycles. The lowest BCUT2D eigenvalue weighted by Gasteiger charge is -2.40. The van der Waals surface area contributed by atoms with Crippen molar-refractivity contribution < 1.29 is 48.8 Å². The Morgan fingerprint density at radius 2 is 1.58 bits per heavy atom. The molecule has 7 fully saturated rings. The van der Waals surface area contributed by atoms with Gasteiger partial charge in [0.05, 0.1) is 23.5 Å². The highest BCUT2D eigenvalue weighted by Gasteiger charge is 2.85. The minimum Gasteiger partial charge on any atom is -0.345 e. The van der Waals surface area contributed by atoms with Crippen molar-refractivity contribution >= 4 is 39.5 Å². The summed E-state index contributed by atoms with van der Waals surface area (Å²) in [6, 6.07) is -5.15. The third-order valence-corrected chi connectivity index (χ3v) is 17.8. The molecule has 3 saturated heterocycles. The van der Waals surface area contributed by atoms with Crippen LogP contribution in [0.2, 0.25) is 0 Å². The minimum absolute atomic E-state index is 0.0164. The van der Waals surface area contributed by atoms with Crippen molar-refractivity contribution in [3.8, 4) is 0 Å². The van der Waals surface area contributed by atoms with Gasteiger partial charge in [0.25, 0.3) is 0 Å². The van der Waals surface area contributed by atoms with Crippen molar-refractivity contribution in [2.75, 3.05) is 26.1 Å². The molecule has 3 aliphatic heterocycles. The van der Waals surface area contributed by atoms with Crippen LogP contribution in [-0.4, -0.2) is 102 Å². The van der Waals surface area contributed by atoms with Crippen molar-refractivity contribution in [3.63, 3.8) is 0 Å². The number of Topliss-reactive ketones (excluding diaryl/α,β-unsaturated/α-hetero) is 2. The predicted molar refractivity (Wildman–Crippen MR) is 231 cm³/mol. The summed E-state index contributed by atoms with van der Waals surface area (Å²) < 4.78 is 128. The van der Waals surface area contributed by atoms with Gasteiger partial charge in [0.1, 0.15) is 0 Å². The van der Waals surface area contributed by atoms with Crippen LogP contribution in [0.15, 0.2) is 0 Å². The molecule has 4 saturated carbocycles. The third-order valence-electron chi connectivity index (χ3n) is 16.7. The largest absolute Gasteiger partial charge is 0.345 e. The number of amides is 3. The van der Waals surface area contributed by atoms with Crippen LogP contribution in [0.25, 0.3) is 0 Å². The number of carbonyl (C=O) groups is 5. The molecular formula is C47H77N5O7S. The van der Waals surface area contributed by atoms with E-state index in [9.17, 15) is 18.0 Å². The molecule has 8 atom stereocenters. The zero-order valence-corrected chi connectivity index (χ0v) is 37.6. The highest BCUT2D eigenvalue weighted by atomic mass is 32.2. The second-order valence-electron chi connectivity index (χ2n) is 20.9. The van der Waals surface area contributed by atoms with E-state index in [0.29, 0.717) is 38.5 Å². The number of nitrogens with zero attached hydrogens (tertiary/aromatic N) is 3. The van der Waals surface area contributed by atoms with Crippen LogP contribution in [0.5, 0.6) is 0 Å². The molecule has 7 aliphatic rings. The molecule has 338 valence electrons. The molecule has 0 radical (unpaired) electrons. The van der Waals surface area contributed by atoms with Crippen molar-refractivity contribution in [3.05, 3.63) is 0 Å². The first kappa shape index (κ1) is 32.3. The molecule has 3 amide bonds. The number of piperidine rings is 1. The van der Waals surface area contributed by atoms with Crippen LogP contribution in [0.1, 0.15) is 187 Å². The van der Waals surface area contributed by atoms with Gasteiger partial charge in [-0.05, 0) is 113 Å². The van der Waals surface area contributed by atoms with E-state index in [1.807, 2.05) is 20.8 Å². The van der Waals surface area contributed by atoms with E-state index in [4.69, 9.17) is 16.4 Å². The van der Waals surface area contributed by atoms with Gasteiger partial charge >= 0.3 is 10.2 Å². The summed E-state index contributed by atoms with van der Waals surface area (Å²) in [6.45, 7) is 2.85. The number of likely N-dealkylation sites (tertiary alicyclic amines) is 2. The van der Waals surface area contributed by atoms with Crippen molar-refractivity contribution in [1.82, 2.24) is 24.1 Å². The van der Waals surface area contributed by atoms with E-state index in [1.54, 1.807) is 16.5 Å². The van der Waals surface area contributed by atoms with Crippen LogP contribution in [0, 0.1) is 44.8 Å².